The van der Waals surface area contributed by atoms with Crippen LogP contribution in [0.15, 0.2) is 79.0 Å². The Morgan fingerprint density at radius 1 is 0.494 bits per heavy atom. The number of Topliss-reactive ketones (excluding diaryl/α,β-unsaturated/α-hetero) is 2. The maximum Gasteiger partial charge on any atom is 0.326 e. The van der Waals surface area contributed by atoms with Crippen LogP contribution in [0.25, 0.3) is 5.69 Å². The van der Waals surface area contributed by atoms with Gasteiger partial charge in [0, 0.05) is 63.0 Å². The van der Waals surface area contributed by atoms with Crippen molar-refractivity contribution in [2.75, 3.05) is 6.67 Å². The SMILES string of the molecule is O=C(O)CCC(NC(=O)N[C@@H](Cc1ccc(CC(=O)CCC(CCC(=O)Cc2ccc(C[C@H](NC(=O)NC(CCC(=O)O)C(=O)O)C(=O)O)cc2)NC(=O)c2ccc(-n3cc(CCCF)nn3)cc2)cc1)C(=O)O)C(=O)O. The van der Waals surface area contributed by atoms with Crippen molar-refractivity contribution in [3.63, 3.8) is 0 Å². The van der Waals surface area contributed by atoms with Gasteiger partial charge in [0.05, 0.1) is 24.3 Å². The fraction of sp³-hybridized carbons (Fsp3) is 0.392. The number of halogens is 1. The fourth-order valence-corrected chi connectivity index (χ4v) is 7.64. The Labute approximate surface area is 438 Å². The van der Waals surface area contributed by atoms with Crippen molar-refractivity contribution in [2.45, 2.75) is 120 Å². The van der Waals surface area contributed by atoms with Gasteiger partial charge in [-0.15, -0.1) is 5.10 Å². The number of carbonyl (C=O) groups excluding carboxylic acids is 5. The molecule has 4 aromatic rings. The van der Waals surface area contributed by atoms with Crippen molar-refractivity contribution in [2.24, 2.45) is 0 Å². The number of ketones is 2. The number of nitrogens with zero attached hydrogens (tertiary/aromatic N) is 3. The molecule has 0 spiro atoms. The number of amides is 5. The van der Waals surface area contributed by atoms with E-state index < -0.39 is 116 Å². The van der Waals surface area contributed by atoms with Crippen LogP contribution in [0.3, 0.4) is 0 Å². The van der Waals surface area contributed by atoms with Crippen LogP contribution in [-0.4, -0.2) is 148 Å². The van der Waals surface area contributed by atoms with Crippen LogP contribution in [0.5, 0.6) is 0 Å². The number of hydrogen-bond acceptors (Lipinski definition) is 13. The number of aryl methyl sites for hydroxylation is 1. The number of urea groups is 2. The molecule has 0 fully saturated rings. The summed E-state index contributed by atoms with van der Waals surface area (Å²) in [5.41, 5.74) is 3.44. The molecule has 0 saturated heterocycles. The molecule has 5 amide bonds. The van der Waals surface area contributed by atoms with Crippen LogP contribution in [0.2, 0.25) is 0 Å². The lowest BCUT2D eigenvalue weighted by molar-refractivity contribution is -0.142. The smallest absolute Gasteiger partial charge is 0.326 e. The number of benzene rings is 3. The van der Waals surface area contributed by atoms with Crippen molar-refractivity contribution in [1.82, 2.24) is 41.6 Å². The van der Waals surface area contributed by atoms with Gasteiger partial charge in [-0.1, -0.05) is 53.7 Å². The number of alkyl halides is 1. The average Bonchev–Trinajstić information content (AvgIpc) is 3.86. The number of carboxylic acids is 6. The molecule has 0 saturated carbocycles. The molecule has 11 N–H and O–H groups in total. The zero-order valence-corrected chi connectivity index (χ0v) is 41.4. The van der Waals surface area contributed by atoms with Gasteiger partial charge in [0.2, 0.25) is 0 Å². The minimum absolute atomic E-state index is 0.0268. The molecule has 0 bridgehead atoms. The fourth-order valence-electron chi connectivity index (χ4n) is 7.64. The highest BCUT2D eigenvalue weighted by Crippen LogP contribution is 2.17. The Morgan fingerprint density at radius 3 is 1.29 bits per heavy atom. The van der Waals surface area contributed by atoms with E-state index in [2.05, 4.69) is 36.9 Å². The number of nitrogens with one attached hydrogen (secondary N) is 5. The summed E-state index contributed by atoms with van der Waals surface area (Å²) in [6.45, 7) is -0.501. The predicted molar refractivity (Wildman–Crippen MR) is 266 cm³/mol. The monoisotopic (exact) mass is 1070 g/mol. The van der Waals surface area contributed by atoms with Crippen LogP contribution < -0.4 is 26.6 Å². The van der Waals surface area contributed by atoms with E-state index in [1.165, 1.54) is 4.68 Å². The molecule has 4 atom stereocenters. The Balaban J connectivity index is 1.38. The van der Waals surface area contributed by atoms with E-state index in [-0.39, 0.29) is 68.5 Å². The van der Waals surface area contributed by atoms with E-state index in [0.29, 0.717) is 46.5 Å². The van der Waals surface area contributed by atoms with Gasteiger partial charge in [0.1, 0.15) is 35.7 Å². The van der Waals surface area contributed by atoms with Gasteiger partial charge in [-0.3, -0.25) is 28.4 Å². The van der Waals surface area contributed by atoms with Gasteiger partial charge in [-0.2, -0.15) is 0 Å². The van der Waals surface area contributed by atoms with E-state index in [1.54, 1.807) is 79.0 Å². The second kappa shape index (κ2) is 30.3. The predicted octanol–water partition coefficient (Wildman–Crippen LogP) is 2.68. The third kappa shape index (κ3) is 21.7. The summed E-state index contributed by atoms with van der Waals surface area (Å²) in [6.07, 6.45) is 0.00311. The molecular weight excluding hydrogens is 1020 g/mol. The van der Waals surface area contributed by atoms with Crippen LogP contribution in [0.4, 0.5) is 14.0 Å². The molecule has 25 nitrogen and oxygen atoms in total. The molecule has 1 aromatic heterocycles. The number of hydrogen-bond donors (Lipinski definition) is 11. The van der Waals surface area contributed by atoms with Crippen molar-refractivity contribution in [3.8, 4) is 5.69 Å². The van der Waals surface area contributed by atoms with E-state index in [9.17, 15) is 77.6 Å². The molecular formula is C51H59FN8O17. The molecule has 0 aliphatic carbocycles. The van der Waals surface area contributed by atoms with Crippen molar-refractivity contribution in [3.05, 3.63) is 113 Å². The summed E-state index contributed by atoms with van der Waals surface area (Å²) in [5, 5.41) is 75.3. The van der Waals surface area contributed by atoms with Crippen LogP contribution in [0, 0.1) is 0 Å². The van der Waals surface area contributed by atoms with Gasteiger partial charge in [0.25, 0.3) is 5.91 Å². The summed E-state index contributed by atoms with van der Waals surface area (Å²) < 4.78 is 14.1. The second-order valence-corrected chi connectivity index (χ2v) is 17.9. The maximum absolute atomic E-state index is 13.6. The molecule has 1 heterocycles. The van der Waals surface area contributed by atoms with Crippen LogP contribution in [0.1, 0.15) is 96.1 Å². The van der Waals surface area contributed by atoms with Crippen molar-refractivity contribution < 1.29 is 87.8 Å². The van der Waals surface area contributed by atoms with E-state index >= 15 is 0 Å². The number of aliphatic carboxylic acids is 6. The standard InChI is InChI=1S/C51H59FN8O17/c52-23-1-2-35-28-60(59-58-35)36-15-11-33(12-16-36)45(67)53-34(13-17-37(61)24-29-3-7-31(8-4-29)26-41(48(72)73)56-50(76)54-39(46(68)69)19-21-43(63)64)14-18-38(62)25-30-5-9-32(10-6-30)27-42(49(74)75)57-51(77)55-40(47(70)71)20-22-44(65)66/h3-12,15-16,28,34,39-42H,1-2,13-14,17-27H2,(H,53,67)(H,63,64)(H,65,66)(H,68,69)(H,70,71)(H,72,73)(H,74,75)(H2,54,56,76)(H2,55,57,77)/t34?,39?,40?,41-,42-/m0/s1. The molecule has 0 aliphatic rings. The molecule has 26 heteroatoms. The van der Waals surface area contributed by atoms with Crippen LogP contribution in [-0.2, 0) is 70.5 Å². The highest BCUT2D eigenvalue weighted by atomic mass is 19.1. The van der Waals surface area contributed by atoms with Crippen molar-refractivity contribution in [1.29, 1.82) is 0 Å². The summed E-state index contributed by atoms with van der Waals surface area (Å²) in [4.78, 5) is 134. The number of carbonyl (C=O) groups is 11. The lowest BCUT2D eigenvalue weighted by Gasteiger charge is -2.19. The Hall–Kier alpha value is -9.10. The third-order valence-electron chi connectivity index (χ3n) is 11.8. The minimum Gasteiger partial charge on any atom is -0.481 e. The molecule has 0 aliphatic heterocycles. The molecule has 4 rings (SSSR count). The zero-order chi connectivity index (χ0) is 56.6. The van der Waals surface area contributed by atoms with Gasteiger partial charge in [0.15, 0.2) is 0 Å². The first-order valence-corrected chi connectivity index (χ1v) is 24.1. The Bertz CT molecular complexity index is 2600. The van der Waals surface area contributed by atoms with E-state index in [1.807, 2.05) is 0 Å². The largest absolute Gasteiger partial charge is 0.481 e. The lowest BCUT2D eigenvalue weighted by Crippen LogP contribution is -2.51. The first-order valence-electron chi connectivity index (χ1n) is 24.1. The number of aromatic nitrogens is 3. The van der Waals surface area contributed by atoms with Gasteiger partial charge in [-0.05, 0) is 85.0 Å². The third-order valence-corrected chi connectivity index (χ3v) is 11.8. The molecule has 3 aromatic carbocycles. The van der Waals surface area contributed by atoms with Crippen LogP contribution >= 0.6 is 0 Å². The Kier molecular flexibility index (Phi) is 23.8. The first kappa shape index (κ1) is 60.5. The highest BCUT2D eigenvalue weighted by molar-refractivity contribution is 5.95. The van der Waals surface area contributed by atoms with E-state index in [0.717, 1.165) is 0 Å². The topological polar surface area (TPSA) is 400 Å². The zero-order valence-electron chi connectivity index (χ0n) is 41.4. The lowest BCUT2D eigenvalue weighted by atomic mass is 9.96. The molecule has 77 heavy (non-hydrogen) atoms. The maximum atomic E-state index is 13.6. The van der Waals surface area contributed by atoms with Gasteiger partial charge >= 0.3 is 47.9 Å². The Morgan fingerprint density at radius 2 is 0.896 bits per heavy atom. The molecule has 412 valence electrons. The summed E-state index contributed by atoms with van der Waals surface area (Å²) in [6, 6.07) is 9.82. The minimum atomic E-state index is -1.58. The first-order chi connectivity index (χ1) is 36.6. The molecule has 0 radical (unpaired) electrons. The summed E-state index contributed by atoms with van der Waals surface area (Å²) >= 11 is 0. The second-order valence-electron chi connectivity index (χ2n) is 17.9. The normalized spacial score (nSPS) is 12.8. The summed E-state index contributed by atoms with van der Waals surface area (Å²) in [5.74, 6) is -9.41. The average molecular weight is 1080 g/mol. The van der Waals surface area contributed by atoms with E-state index in [4.69, 9.17) is 10.2 Å². The van der Waals surface area contributed by atoms with Gasteiger partial charge in [-0.25, -0.2) is 33.4 Å². The number of carboxylic acid groups (broad SMARTS) is 6. The summed E-state index contributed by atoms with van der Waals surface area (Å²) in [7, 11) is 0. The van der Waals surface area contributed by atoms with Gasteiger partial charge < -0.3 is 57.2 Å². The quantitative estimate of drug-likeness (QED) is 0.0320. The molecule has 2 unspecified atom stereocenters. The number of rotatable bonds is 34. The highest BCUT2D eigenvalue weighted by Gasteiger charge is 2.27. The van der Waals surface area contributed by atoms with Crippen molar-refractivity contribution >= 4 is 65.4 Å².